The molecule has 1 unspecified atom stereocenters. The third kappa shape index (κ3) is 3.54. The molecule has 1 atom stereocenters. The van der Waals surface area contributed by atoms with Gasteiger partial charge >= 0.3 is 0 Å². The Kier molecular flexibility index (Phi) is 5.98. The molecule has 29 heavy (non-hydrogen) atoms. The van der Waals surface area contributed by atoms with Crippen molar-refractivity contribution < 1.29 is 23.2 Å². The van der Waals surface area contributed by atoms with Gasteiger partial charge in [0.1, 0.15) is 11.5 Å². The van der Waals surface area contributed by atoms with Gasteiger partial charge in [-0.1, -0.05) is 76.7 Å². The zero-order chi connectivity index (χ0) is 21.6. The Bertz CT molecular complexity index is 1190. The number of rotatable bonds is 4. The molecule has 3 N–H and O–H groups in total. The van der Waals surface area contributed by atoms with Crippen LogP contribution in [0.15, 0.2) is 54.6 Å². The first-order chi connectivity index (χ1) is 13.5. The lowest BCUT2D eigenvalue weighted by atomic mass is 9.83. The molecule has 0 saturated carbocycles. The Balaban J connectivity index is 2.68. The molecule has 0 fully saturated rings. The second-order valence-electron chi connectivity index (χ2n) is 6.06. The number of aromatic hydroxyl groups is 2. The summed E-state index contributed by atoms with van der Waals surface area (Å²) in [6.07, 6.45) is 0. The van der Waals surface area contributed by atoms with Gasteiger partial charge in [-0.15, -0.1) is 0 Å². The summed E-state index contributed by atoms with van der Waals surface area (Å²) >= 11 is 25.2. The molecule has 10 heteroatoms. The van der Waals surface area contributed by atoms with Crippen molar-refractivity contribution in [1.82, 2.24) is 0 Å². The van der Waals surface area contributed by atoms with Crippen LogP contribution in [-0.2, 0) is 14.9 Å². The number of phenols is 2. The van der Waals surface area contributed by atoms with Crippen molar-refractivity contribution in [3.63, 3.8) is 0 Å². The molecule has 0 aromatic heterocycles. The Labute approximate surface area is 186 Å². The first-order valence-corrected chi connectivity index (χ1v) is 10.9. The third-order valence-corrected chi connectivity index (χ3v) is 7.12. The van der Waals surface area contributed by atoms with Crippen molar-refractivity contribution >= 4 is 56.5 Å². The highest BCUT2D eigenvalue weighted by molar-refractivity contribution is 7.87. The third-order valence-electron chi connectivity index (χ3n) is 4.38. The van der Waals surface area contributed by atoms with E-state index in [-0.39, 0.29) is 42.5 Å². The molecule has 0 amide bonds. The average Bonchev–Trinajstić information content (AvgIpc) is 2.60. The Morgan fingerprint density at radius 1 is 0.759 bits per heavy atom. The molecule has 0 radical (unpaired) electrons. The summed E-state index contributed by atoms with van der Waals surface area (Å²) in [5.41, 5.74) is -0.628. The quantitative estimate of drug-likeness (QED) is 0.311. The topological polar surface area (TPSA) is 94.8 Å². The van der Waals surface area contributed by atoms with Gasteiger partial charge in [-0.25, -0.2) is 0 Å². The van der Waals surface area contributed by atoms with Gasteiger partial charge in [0.2, 0.25) is 0 Å². The van der Waals surface area contributed by atoms with Crippen LogP contribution >= 0.6 is 46.4 Å². The lowest BCUT2D eigenvalue weighted by molar-refractivity contribution is 0.455. The van der Waals surface area contributed by atoms with Gasteiger partial charge in [0.15, 0.2) is 4.75 Å². The predicted molar refractivity (Wildman–Crippen MR) is 114 cm³/mol. The summed E-state index contributed by atoms with van der Waals surface area (Å²) in [7, 11) is -5.14. The molecule has 0 heterocycles. The lowest BCUT2D eigenvalue weighted by Gasteiger charge is -2.35. The molecule has 0 spiro atoms. The van der Waals surface area contributed by atoms with Crippen molar-refractivity contribution in [2.45, 2.75) is 4.75 Å². The SMILES string of the molecule is O=S(=O)(O)C(c1ccccc1Cl)(c1cccc(O)c1Cl)c1c(Cl)cc(O)cc1Cl. The number of hydrogen-bond donors (Lipinski definition) is 3. The van der Waals surface area contributed by atoms with Crippen LogP contribution in [0.2, 0.25) is 20.1 Å². The summed E-state index contributed by atoms with van der Waals surface area (Å²) in [6, 6.07) is 11.8. The van der Waals surface area contributed by atoms with Gasteiger partial charge in [-0.3, -0.25) is 4.55 Å². The average molecular weight is 494 g/mol. The van der Waals surface area contributed by atoms with Crippen LogP contribution in [0.4, 0.5) is 0 Å². The normalized spacial score (nSPS) is 13.8. The molecule has 3 rings (SSSR count). The maximum atomic E-state index is 13.0. The maximum absolute atomic E-state index is 13.0. The minimum absolute atomic E-state index is 0.0373. The summed E-state index contributed by atoms with van der Waals surface area (Å²) < 4.78 is 34.1. The lowest BCUT2D eigenvalue weighted by Crippen LogP contribution is -2.39. The van der Waals surface area contributed by atoms with Crippen LogP contribution in [0.25, 0.3) is 0 Å². The molecule has 3 aromatic rings. The van der Waals surface area contributed by atoms with Gasteiger partial charge in [0, 0.05) is 21.7 Å². The van der Waals surface area contributed by atoms with Crippen molar-refractivity contribution in [2.75, 3.05) is 0 Å². The van der Waals surface area contributed by atoms with E-state index < -0.39 is 20.6 Å². The monoisotopic (exact) mass is 492 g/mol. The van der Waals surface area contributed by atoms with Gasteiger partial charge < -0.3 is 10.2 Å². The van der Waals surface area contributed by atoms with Crippen LogP contribution in [0, 0.1) is 0 Å². The molecule has 0 aliphatic heterocycles. The fourth-order valence-corrected chi connectivity index (χ4v) is 6.17. The zero-order valence-electron chi connectivity index (χ0n) is 14.3. The predicted octanol–water partition coefficient (Wildman–Crippen LogP) is 5.89. The van der Waals surface area contributed by atoms with E-state index in [1.54, 1.807) is 6.07 Å². The van der Waals surface area contributed by atoms with Crippen LogP contribution in [0.1, 0.15) is 16.7 Å². The van der Waals surface area contributed by atoms with Crippen molar-refractivity contribution in [2.24, 2.45) is 0 Å². The number of hydrogen-bond acceptors (Lipinski definition) is 4. The van der Waals surface area contributed by atoms with Crippen molar-refractivity contribution in [3.05, 3.63) is 91.4 Å². The second kappa shape index (κ2) is 7.87. The standard InChI is InChI=1S/C19H12Cl4O5S/c20-13-6-2-1-4-11(13)19(29(26,27)28,12-5-3-7-16(25)18(12)23)17-14(21)8-10(24)9-15(17)22/h1-9,24-25H,(H,26,27,28). The molecule has 152 valence electrons. The van der Waals surface area contributed by atoms with Gasteiger partial charge in [-0.2, -0.15) is 8.42 Å². The van der Waals surface area contributed by atoms with Crippen LogP contribution < -0.4 is 0 Å². The highest BCUT2D eigenvalue weighted by atomic mass is 35.5. The summed E-state index contributed by atoms with van der Waals surface area (Å²) in [6.45, 7) is 0. The molecule has 5 nitrogen and oxygen atoms in total. The highest BCUT2D eigenvalue weighted by Gasteiger charge is 2.53. The molecule has 3 aromatic carbocycles. The number of phenolic OH excluding ortho intramolecular Hbond substituents is 2. The fourth-order valence-electron chi connectivity index (χ4n) is 3.26. The number of halogens is 4. The molecule has 0 aliphatic rings. The largest absolute Gasteiger partial charge is 0.508 e. The van der Waals surface area contributed by atoms with Crippen LogP contribution in [0.5, 0.6) is 11.5 Å². The Hall–Kier alpha value is -1.67. The highest BCUT2D eigenvalue weighted by Crippen LogP contribution is 2.54. The second-order valence-corrected chi connectivity index (χ2v) is 9.22. The molecular weight excluding hydrogens is 482 g/mol. The summed E-state index contributed by atoms with van der Waals surface area (Å²) in [4.78, 5) is 0. The Morgan fingerprint density at radius 3 is 1.86 bits per heavy atom. The summed E-state index contributed by atoms with van der Waals surface area (Å²) in [5, 5.41) is 19.0. The van der Waals surface area contributed by atoms with Crippen molar-refractivity contribution in [1.29, 1.82) is 0 Å². The van der Waals surface area contributed by atoms with Crippen molar-refractivity contribution in [3.8, 4) is 11.5 Å². The minimum atomic E-state index is -5.14. The van der Waals surface area contributed by atoms with E-state index in [9.17, 15) is 23.2 Å². The van der Waals surface area contributed by atoms with Gasteiger partial charge in [0.25, 0.3) is 10.1 Å². The van der Waals surface area contributed by atoms with E-state index >= 15 is 0 Å². The van der Waals surface area contributed by atoms with E-state index in [0.717, 1.165) is 12.1 Å². The van der Waals surface area contributed by atoms with E-state index in [0.29, 0.717) is 0 Å². The smallest absolute Gasteiger partial charge is 0.283 e. The zero-order valence-corrected chi connectivity index (χ0v) is 18.1. The first kappa shape index (κ1) is 22.0. The van der Waals surface area contributed by atoms with E-state index in [1.165, 1.54) is 36.4 Å². The number of benzene rings is 3. The molecule has 0 saturated heterocycles. The van der Waals surface area contributed by atoms with Gasteiger partial charge in [-0.05, 0) is 24.3 Å². The van der Waals surface area contributed by atoms with Gasteiger partial charge in [0.05, 0.1) is 15.1 Å². The van der Waals surface area contributed by atoms with E-state index in [4.69, 9.17) is 46.4 Å². The maximum Gasteiger partial charge on any atom is 0.283 e. The first-order valence-electron chi connectivity index (χ1n) is 7.90. The van der Waals surface area contributed by atoms with E-state index in [1.807, 2.05) is 0 Å². The Morgan fingerprint density at radius 2 is 1.31 bits per heavy atom. The molecule has 0 aliphatic carbocycles. The molecule has 0 bridgehead atoms. The summed E-state index contributed by atoms with van der Waals surface area (Å²) in [5.74, 6) is -0.760. The minimum Gasteiger partial charge on any atom is -0.508 e. The fraction of sp³-hybridized carbons (Fsp3) is 0.0526. The van der Waals surface area contributed by atoms with Crippen LogP contribution in [-0.4, -0.2) is 23.2 Å². The molecular formula is C19H12Cl4O5S. The van der Waals surface area contributed by atoms with E-state index in [2.05, 4.69) is 0 Å². The van der Waals surface area contributed by atoms with Crippen LogP contribution in [0.3, 0.4) is 0 Å².